The Morgan fingerprint density at radius 1 is 1.14 bits per heavy atom. The lowest BCUT2D eigenvalue weighted by molar-refractivity contribution is 0.415. The van der Waals surface area contributed by atoms with Crippen molar-refractivity contribution in [1.82, 2.24) is 9.97 Å². The van der Waals surface area contributed by atoms with E-state index < -0.39 is 0 Å². The molecule has 0 aliphatic rings. The number of aromatic nitrogens is 2. The van der Waals surface area contributed by atoms with E-state index in [4.69, 9.17) is 4.74 Å². The van der Waals surface area contributed by atoms with Crippen LogP contribution in [-0.2, 0) is 5.41 Å². The number of anilines is 2. The lowest BCUT2D eigenvalue weighted by Gasteiger charge is -2.14. The summed E-state index contributed by atoms with van der Waals surface area (Å²) in [5, 5.41) is 7.13. The summed E-state index contributed by atoms with van der Waals surface area (Å²) >= 11 is 3.21. The molecule has 3 rings (SSSR count). The van der Waals surface area contributed by atoms with Crippen LogP contribution in [0.2, 0.25) is 0 Å². The molecule has 0 saturated heterocycles. The van der Waals surface area contributed by atoms with Gasteiger partial charge in [-0.05, 0) is 18.2 Å². The first-order chi connectivity index (χ1) is 9.95. The molecule has 0 spiro atoms. The van der Waals surface area contributed by atoms with E-state index in [0.29, 0.717) is 0 Å². The second-order valence-electron chi connectivity index (χ2n) is 5.77. The van der Waals surface area contributed by atoms with Crippen LogP contribution in [0.5, 0.6) is 5.75 Å². The zero-order chi connectivity index (χ0) is 15.0. The third-order valence-electron chi connectivity index (χ3n) is 3.08. The minimum absolute atomic E-state index is 0.0669. The summed E-state index contributed by atoms with van der Waals surface area (Å²) in [6.07, 6.45) is 0. The zero-order valence-electron chi connectivity index (χ0n) is 12.4. The van der Waals surface area contributed by atoms with E-state index in [-0.39, 0.29) is 5.41 Å². The summed E-state index contributed by atoms with van der Waals surface area (Å²) in [6.45, 7) is 6.49. The van der Waals surface area contributed by atoms with Gasteiger partial charge in [0.15, 0.2) is 10.3 Å². The highest BCUT2D eigenvalue weighted by Gasteiger charge is 2.17. The first-order valence-electron chi connectivity index (χ1n) is 6.63. The number of fused-ring (bicyclic) bond motifs is 1. The molecule has 3 aromatic rings. The van der Waals surface area contributed by atoms with Gasteiger partial charge in [0.25, 0.3) is 0 Å². The fraction of sp³-hybridized carbons (Fsp3) is 0.333. The standard InChI is InChI=1S/C15H17N3OS2/c1-15(2,3)12-8-20-13(17-12)18-14-16-10-6-5-9(19-4)7-11(10)21-14/h5-8H,1-4H3,(H,16,17,18). The Morgan fingerprint density at radius 2 is 1.95 bits per heavy atom. The molecule has 0 fully saturated rings. The molecule has 0 unspecified atom stereocenters. The predicted octanol–water partition coefficient (Wildman–Crippen LogP) is 4.80. The second-order valence-corrected chi connectivity index (χ2v) is 7.65. The van der Waals surface area contributed by atoms with Crippen LogP contribution in [0.1, 0.15) is 26.5 Å². The Labute approximate surface area is 131 Å². The highest BCUT2D eigenvalue weighted by molar-refractivity contribution is 7.22. The summed E-state index contributed by atoms with van der Waals surface area (Å²) in [4.78, 5) is 9.20. The SMILES string of the molecule is COc1ccc2nc(Nc3nc(C(C)(C)C)cs3)sc2c1. The highest BCUT2D eigenvalue weighted by Crippen LogP contribution is 2.33. The van der Waals surface area contributed by atoms with Gasteiger partial charge in [0.05, 0.1) is 23.0 Å². The molecule has 2 heterocycles. The van der Waals surface area contributed by atoms with E-state index in [1.54, 1.807) is 29.8 Å². The molecule has 0 bridgehead atoms. The predicted molar refractivity (Wildman–Crippen MR) is 90.3 cm³/mol. The topological polar surface area (TPSA) is 47.0 Å². The molecule has 110 valence electrons. The van der Waals surface area contributed by atoms with Gasteiger partial charge in [0.1, 0.15) is 5.75 Å². The van der Waals surface area contributed by atoms with Crippen LogP contribution in [0.15, 0.2) is 23.6 Å². The zero-order valence-corrected chi connectivity index (χ0v) is 14.1. The molecule has 0 atom stereocenters. The van der Waals surface area contributed by atoms with Crippen LogP contribution >= 0.6 is 22.7 Å². The average molecular weight is 319 g/mol. The van der Waals surface area contributed by atoms with Gasteiger partial charge in [-0.25, -0.2) is 9.97 Å². The van der Waals surface area contributed by atoms with Crippen molar-refractivity contribution in [3.05, 3.63) is 29.3 Å². The van der Waals surface area contributed by atoms with Crippen molar-refractivity contribution in [3.63, 3.8) is 0 Å². The number of methoxy groups -OCH3 is 1. The maximum atomic E-state index is 5.24. The van der Waals surface area contributed by atoms with Crippen LogP contribution < -0.4 is 10.1 Å². The normalized spacial score (nSPS) is 11.8. The fourth-order valence-electron chi connectivity index (χ4n) is 1.85. The Kier molecular flexibility index (Phi) is 3.59. The Bertz CT molecular complexity index is 771. The summed E-state index contributed by atoms with van der Waals surface area (Å²) in [6, 6.07) is 5.89. The molecule has 21 heavy (non-hydrogen) atoms. The van der Waals surface area contributed by atoms with Crippen molar-refractivity contribution >= 4 is 43.2 Å². The average Bonchev–Trinajstić information content (AvgIpc) is 3.03. The van der Waals surface area contributed by atoms with Gasteiger partial charge in [-0.15, -0.1) is 11.3 Å². The van der Waals surface area contributed by atoms with Crippen LogP contribution in [0, 0.1) is 0 Å². The van der Waals surface area contributed by atoms with Crippen molar-refractivity contribution < 1.29 is 4.74 Å². The van der Waals surface area contributed by atoms with Gasteiger partial charge in [-0.2, -0.15) is 0 Å². The molecule has 0 amide bonds. The monoisotopic (exact) mass is 319 g/mol. The molecule has 4 nitrogen and oxygen atoms in total. The molecule has 1 aromatic carbocycles. The first-order valence-corrected chi connectivity index (χ1v) is 8.33. The molecular formula is C15H17N3OS2. The minimum Gasteiger partial charge on any atom is -0.497 e. The number of ether oxygens (including phenoxy) is 1. The van der Waals surface area contributed by atoms with E-state index in [0.717, 1.165) is 31.9 Å². The van der Waals surface area contributed by atoms with Crippen LogP contribution in [0.4, 0.5) is 10.3 Å². The number of hydrogen-bond acceptors (Lipinski definition) is 6. The van der Waals surface area contributed by atoms with E-state index in [9.17, 15) is 0 Å². The minimum atomic E-state index is 0.0669. The molecule has 6 heteroatoms. The third kappa shape index (κ3) is 3.01. The quantitative estimate of drug-likeness (QED) is 0.753. The Balaban J connectivity index is 1.86. The molecule has 0 radical (unpaired) electrons. The van der Waals surface area contributed by atoms with Crippen LogP contribution in [0.3, 0.4) is 0 Å². The molecule has 2 aromatic heterocycles. The lowest BCUT2D eigenvalue weighted by Crippen LogP contribution is -2.11. The maximum Gasteiger partial charge on any atom is 0.190 e. The van der Waals surface area contributed by atoms with Gasteiger partial charge in [0.2, 0.25) is 0 Å². The third-order valence-corrected chi connectivity index (χ3v) is 4.77. The van der Waals surface area contributed by atoms with Crippen LogP contribution in [0.25, 0.3) is 10.2 Å². The summed E-state index contributed by atoms with van der Waals surface area (Å²) in [5.74, 6) is 0.849. The van der Waals surface area contributed by atoms with Crippen molar-refractivity contribution in [2.75, 3.05) is 12.4 Å². The second kappa shape index (κ2) is 5.27. The van der Waals surface area contributed by atoms with E-state index in [1.807, 2.05) is 18.2 Å². The number of thiazole rings is 2. The summed E-state index contributed by atoms with van der Waals surface area (Å²) < 4.78 is 6.34. The Morgan fingerprint density at radius 3 is 2.62 bits per heavy atom. The Hall–Kier alpha value is -1.66. The highest BCUT2D eigenvalue weighted by atomic mass is 32.1. The van der Waals surface area contributed by atoms with Gasteiger partial charge < -0.3 is 10.1 Å². The number of hydrogen-bond donors (Lipinski definition) is 1. The summed E-state index contributed by atoms with van der Waals surface area (Å²) in [5.41, 5.74) is 2.13. The van der Waals surface area contributed by atoms with E-state index in [1.165, 1.54) is 0 Å². The fourth-order valence-corrected chi connectivity index (χ4v) is 3.75. The molecule has 0 aliphatic heterocycles. The number of nitrogens with zero attached hydrogens (tertiary/aromatic N) is 2. The van der Waals surface area contributed by atoms with E-state index >= 15 is 0 Å². The van der Waals surface area contributed by atoms with Gasteiger partial charge in [0, 0.05) is 10.8 Å². The number of benzene rings is 1. The smallest absolute Gasteiger partial charge is 0.190 e. The number of rotatable bonds is 3. The number of nitrogens with one attached hydrogen (secondary N) is 1. The molecule has 0 aliphatic carbocycles. The summed E-state index contributed by atoms with van der Waals surface area (Å²) in [7, 11) is 1.67. The van der Waals surface area contributed by atoms with Gasteiger partial charge in [-0.3, -0.25) is 0 Å². The van der Waals surface area contributed by atoms with Gasteiger partial charge in [-0.1, -0.05) is 32.1 Å². The van der Waals surface area contributed by atoms with Crippen molar-refractivity contribution in [3.8, 4) is 5.75 Å². The lowest BCUT2D eigenvalue weighted by atomic mass is 9.93. The van der Waals surface area contributed by atoms with Crippen molar-refractivity contribution in [2.45, 2.75) is 26.2 Å². The van der Waals surface area contributed by atoms with Crippen molar-refractivity contribution in [2.24, 2.45) is 0 Å². The molecular weight excluding hydrogens is 302 g/mol. The first kappa shape index (κ1) is 14.3. The molecule has 0 saturated carbocycles. The largest absolute Gasteiger partial charge is 0.497 e. The molecule has 1 N–H and O–H groups in total. The maximum absolute atomic E-state index is 5.24. The van der Waals surface area contributed by atoms with Crippen molar-refractivity contribution in [1.29, 1.82) is 0 Å². The van der Waals surface area contributed by atoms with E-state index in [2.05, 4.69) is 41.4 Å². The van der Waals surface area contributed by atoms with Crippen LogP contribution in [-0.4, -0.2) is 17.1 Å². The van der Waals surface area contributed by atoms with Gasteiger partial charge >= 0.3 is 0 Å².